The molecule has 0 amide bonds. The highest BCUT2D eigenvalue weighted by molar-refractivity contribution is 5.89. The standard InChI is InChI=1S/C12H13NO2/c1-3-13-7-8(2)11-9(12(13)15)5-4-6-10(11)14/h4-7,14H,3H2,1-2H3. The maximum atomic E-state index is 11.9. The minimum absolute atomic E-state index is 0.0472. The van der Waals surface area contributed by atoms with Crippen molar-refractivity contribution in [2.45, 2.75) is 20.4 Å². The number of phenols is 1. The Hall–Kier alpha value is -1.77. The van der Waals surface area contributed by atoms with Crippen molar-refractivity contribution >= 4 is 10.8 Å². The summed E-state index contributed by atoms with van der Waals surface area (Å²) in [7, 11) is 0. The van der Waals surface area contributed by atoms with Gasteiger partial charge in [-0.05, 0) is 31.5 Å². The summed E-state index contributed by atoms with van der Waals surface area (Å²) in [6, 6.07) is 5.04. The summed E-state index contributed by atoms with van der Waals surface area (Å²) in [5.74, 6) is 0.172. The van der Waals surface area contributed by atoms with Crippen molar-refractivity contribution < 1.29 is 5.11 Å². The molecule has 0 aliphatic rings. The van der Waals surface area contributed by atoms with E-state index >= 15 is 0 Å². The topological polar surface area (TPSA) is 42.2 Å². The van der Waals surface area contributed by atoms with Crippen molar-refractivity contribution in [3.05, 3.63) is 40.3 Å². The second-order valence-electron chi connectivity index (χ2n) is 3.60. The predicted molar refractivity (Wildman–Crippen MR) is 60.3 cm³/mol. The van der Waals surface area contributed by atoms with Crippen LogP contribution >= 0.6 is 0 Å². The average Bonchev–Trinajstić information content (AvgIpc) is 2.23. The van der Waals surface area contributed by atoms with Gasteiger partial charge in [-0.15, -0.1) is 0 Å². The lowest BCUT2D eigenvalue weighted by Crippen LogP contribution is -2.19. The van der Waals surface area contributed by atoms with Crippen LogP contribution in [0.5, 0.6) is 5.75 Å². The molecule has 0 aliphatic heterocycles. The number of pyridine rings is 1. The Morgan fingerprint density at radius 3 is 2.80 bits per heavy atom. The van der Waals surface area contributed by atoms with Crippen molar-refractivity contribution in [1.82, 2.24) is 4.57 Å². The number of aromatic hydroxyl groups is 1. The average molecular weight is 203 g/mol. The molecule has 0 spiro atoms. The summed E-state index contributed by atoms with van der Waals surface area (Å²) in [5.41, 5.74) is 0.874. The first kappa shape index (κ1) is 9.77. The Morgan fingerprint density at radius 2 is 2.13 bits per heavy atom. The molecule has 0 radical (unpaired) electrons. The van der Waals surface area contributed by atoms with E-state index in [1.54, 1.807) is 29.0 Å². The zero-order chi connectivity index (χ0) is 11.0. The molecule has 2 aromatic rings. The van der Waals surface area contributed by atoms with Crippen molar-refractivity contribution in [3.63, 3.8) is 0 Å². The number of hydrogen-bond donors (Lipinski definition) is 1. The molecule has 0 unspecified atom stereocenters. The Balaban J connectivity index is 3.00. The SMILES string of the molecule is CCn1cc(C)c2c(O)cccc2c1=O. The number of phenolic OH excluding ortho intramolecular Hbond substituents is 1. The fourth-order valence-corrected chi connectivity index (χ4v) is 1.88. The van der Waals surface area contributed by atoms with E-state index in [4.69, 9.17) is 0 Å². The predicted octanol–water partition coefficient (Wildman–Crippen LogP) is 2.04. The molecule has 0 aliphatic carbocycles. The molecule has 3 heteroatoms. The fraction of sp³-hybridized carbons (Fsp3) is 0.250. The van der Waals surface area contributed by atoms with Gasteiger partial charge in [-0.2, -0.15) is 0 Å². The summed E-state index contributed by atoms with van der Waals surface area (Å²) in [6.45, 7) is 4.47. The van der Waals surface area contributed by atoms with Crippen molar-refractivity contribution in [1.29, 1.82) is 0 Å². The highest BCUT2D eigenvalue weighted by atomic mass is 16.3. The summed E-state index contributed by atoms with van der Waals surface area (Å²) in [6.07, 6.45) is 1.78. The van der Waals surface area contributed by atoms with Crippen LogP contribution in [0.4, 0.5) is 0 Å². The highest BCUT2D eigenvalue weighted by Crippen LogP contribution is 2.24. The highest BCUT2D eigenvalue weighted by Gasteiger charge is 2.08. The molecule has 0 saturated carbocycles. The molecule has 0 fully saturated rings. The van der Waals surface area contributed by atoms with Gasteiger partial charge in [-0.1, -0.05) is 6.07 Å². The second kappa shape index (κ2) is 3.42. The lowest BCUT2D eigenvalue weighted by molar-refractivity contribution is 0.481. The minimum Gasteiger partial charge on any atom is -0.507 e. The number of fused-ring (bicyclic) bond motifs is 1. The van der Waals surface area contributed by atoms with Gasteiger partial charge in [0.25, 0.3) is 5.56 Å². The van der Waals surface area contributed by atoms with E-state index < -0.39 is 0 Å². The first-order chi connectivity index (χ1) is 7.15. The molecule has 1 aromatic carbocycles. The lowest BCUT2D eigenvalue weighted by Gasteiger charge is -2.08. The Morgan fingerprint density at radius 1 is 1.40 bits per heavy atom. The monoisotopic (exact) mass is 203 g/mol. The Labute approximate surface area is 87.6 Å². The zero-order valence-corrected chi connectivity index (χ0v) is 8.82. The van der Waals surface area contributed by atoms with Crippen LogP contribution in [0.1, 0.15) is 12.5 Å². The molecule has 78 valence electrons. The maximum Gasteiger partial charge on any atom is 0.258 e. The number of nitrogens with zero attached hydrogens (tertiary/aromatic N) is 1. The van der Waals surface area contributed by atoms with Crippen LogP contribution < -0.4 is 5.56 Å². The third kappa shape index (κ3) is 1.40. The minimum atomic E-state index is -0.0472. The Kier molecular flexibility index (Phi) is 2.23. The van der Waals surface area contributed by atoms with E-state index in [0.29, 0.717) is 17.3 Å². The number of hydrogen-bond acceptors (Lipinski definition) is 2. The molecule has 1 N–H and O–H groups in total. The number of benzene rings is 1. The molecular formula is C12H13NO2. The molecule has 0 saturated heterocycles. The van der Waals surface area contributed by atoms with E-state index in [2.05, 4.69) is 0 Å². The van der Waals surface area contributed by atoms with Crippen LogP contribution in [-0.4, -0.2) is 9.67 Å². The third-order valence-electron chi connectivity index (χ3n) is 2.62. The van der Waals surface area contributed by atoms with Gasteiger partial charge < -0.3 is 9.67 Å². The van der Waals surface area contributed by atoms with Gasteiger partial charge in [0.15, 0.2) is 0 Å². The quantitative estimate of drug-likeness (QED) is 0.770. The van der Waals surface area contributed by atoms with Crippen LogP contribution in [0, 0.1) is 6.92 Å². The number of rotatable bonds is 1. The number of aryl methyl sites for hydroxylation is 2. The van der Waals surface area contributed by atoms with E-state index in [1.165, 1.54) is 0 Å². The molecule has 15 heavy (non-hydrogen) atoms. The van der Waals surface area contributed by atoms with Crippen LogP contribution in [0.25, 0.3) is 10.8 Å². The molecular weight excluding hydrogens is 190 g/mol. The first-order valence-corrected chi connectivity index (χ1v) is 4.97. The molecule has 3 nitrogen and oxygen atoms in total. The maximum absolute atomic E-state index is 11.9. The third-order valence-corrected chi connectivity index (χ3v) is 2.62. The van der Waals surface area contributed by atoms with Gasteiger partial charge in [0.2, 0.25) is 0 Å². The summed E-state index contributed by atoms with van der Waals surface area (Å²) < 4.78 is 1.65. The molecule has 0 atom stereocenters. The molecule has 2 rings (SSSR count). The van der Waals surface area contributed by atoms with Crippen LogP contribution in [-0.2, 0) is 6.54 Å². The first-order valence-electron chi connectivity index (χ1n) is 4.97. The van der Waals surface area contributed by atoms with E-state index in [1.807, 2.05) is 13.8 Å². The lowest BCUT2D eigenvalue weighted by atomic mass is 10.1. The van der Waals surface area contributed by atoms with E-state index in [-0.39, 0.29) is 11.3 Å². The van der Waals surface area contributed by atoms with Crippen molar-refractivity contribution in [2.24, 2.45) is 0 Å². The van der Waals surface area contributed by atoms with Crippen molar-refractivity contribution in [2.75, 3.05) is 0 Å². The smallest absolute Gasteiger partial charge is 0.258 e. The largest absolute Gasteiger partial charge is 0.507 e. The van der Waals surface area contributed by atoms with Gasteiger partial charge in [-0.25, -0.2) is 0 Å². The molecule has 1 heterocycles. The van der Waals surface area contributed by atoms with Gasteiger partial charge in [-0.3, -0.25) is 4.79 Å². The van der Waals surface area contributed by atoms with Gasteiger partial charge in [0.05, 0.1) is 5.39 Å². The van der Waals surface area contributed by atoms with Crippen LogP contribution in [0.3, 0.4) is 0 Å². The fourth-order valence-electron chi connectivity index (χ4n) is 1.88. The van der Waals surface area contributed by atoms with Crippen LogP contribution in [0.15, 0.2) is 29.2 Å². The van der Waals surface area contributed by atoms with E-state index in [0.717, 1.165) is 5.56 Å². The summed E-state index contributed by atoms with van der Waals surface area (Å²) >= 11 is 0. The molecule has 0 bridgehead atoms. The number of aromatic nitrogens is 1. The summed E-state index contributed by atoms with van der Waals surface area (Å²) in [5, 5.41) is 10.9. The normalized spacial score (nSPS) is 10.8. The zero-order valence-electron chi connectivity index (χ0n) is 8.82. The van der Waals surface area contributed by atoms with Gasteiger partial charge in [0, 0.05) is 18.1 Å². The van der Waals surface area contributed by atoms with Gasteiger partial charge in [0.1, 0.15) is 5.75 Å². The van der Waals surface area contributed by atoms with Crippen LogP contribution in [0.2, 0.25) is 0 Å². The van der Waals surface area contributed by atoms with Crippen molar-refractivity contribution in [3.8, 4) is 5.75 Å². The van der Waals surface area contributed by atoms with Gasteiger partial charge >= 0.3 is 0 Å². The molecule has 1 aromatic heterocycles. The Bertz CT molecular complexity index is 570. The summed E-state index contributed by atoms with van der Waals surface area (Å²) in [4.78, 5) is 11.9. The second-order valence-corrected chi connectivity index (χ2v) is 3.60. The van der Waals surface area contributed by atoms with E-state index in [9.17, 15) is 9.90 Å².